The summed E-state index contributed by atoms with van der Waals surface area (Å²) in [6, 6.07) is 12.8. The normalized spacial score (nSPS) is 15.2. The van der Waals surface area contributed by atoms with E-state index in [0.29, 0.717) is 6.10 Å². The van der Waals surface area contributed by atoms with Crippen molar-refractivity contribution in [1.29, 1.82) is 0 Å². The number of likely N-dealkylation sites (tertiary alicyclic amines) is 1. The fourth-order valence-electron chi connectivity index (χ4n) is 3.92. The van der Waals surface area contributed by atoms with Crippen LogP contribution in [0.2, 0.25) is 0 Å². The first-order valence-corrected chi connectivity index (χ1v) is 11.5. The van der Waals surface area contributed by atoms with Gasteiger partial charge in [0.25, 0.3) is 0 Å². The number of hydrogen-bond donors (Lipinski definition) is 2. The lowest BCUT2D eigenvalue weighted by molar-refractivity contribution is 0.00534. The summed E-state index contributed by atoms with van der Waals surface area (Å²) < 4.78 is 6.12. The minimum atomic E-state index is 0. The summed E-state index contributed by atoms with van der Waals surface area (Å²) in [4.78, 5) is 11.0. The van der Waals surface area contributed by atoms with Crippen molar-refractivity contribution >= 4 is 29.9 Å². The minimum absolute atomic E-state index is 0. The van der Waals surface area contributed by atoms with E-state index in [1.807, 2.05) is 19.4 Å². The van der Waals surface area contributed by atoms with Crippen LogP contribution in [0.3, 0.4) is 0 Å². The lowest BCUT2D eigenvalue weighted by Gasteiger charge is -2.32. The Kier molecular flexibility index (Phi) is 12.6. The summed E-state index contributed by atoms with van der Waals surface area (Å²) in [5.74, 6) is 0.848. The van der Waals surface area contributed by atoms with Gasteiger partial charge in [0.15, 0.2) is 5.96 Å². The highest BCUT2D eigenvalue weighted by Gasteiger charge is 2.19. The largest absolute Gasteiger partial charge is 0.378 e. The van der Waals surface area contributed by atoms with E-state index in [4.69, 9.17) is 4.74 Å². The fraction of sp³-hybridized carbons (Fsp3) is 0.520. The maximum absolute atomic E-state index is 6.12. The van der Waals surface area contributed by atoms with Gasteiger partial charge in [-0.1, -0.05) is 30.3 Å². The van der Waals surface area contributed by atoms with Gasteiger partial charge < -0.3 is 15.4 Å². The van der Waals surface area contributed by atoms with Crippen LogP contribution < -0.4 is 10.6 Å². The van der Waals surface area contributed by atoms with E-state index < -0.39 is 0 Å². The Hall–Kier alpha value is -1.71. The zero-order chi connectivity index (χ0) is 21.7. The van der Waals surface area contributed by atoms with Crippen LogP contribution in [0.5, 0.6) is 0 Å². The lowest BCUT2D eigenvalue weighted by Crippen LogP contribution is -2.39. The molecule has 0 atom stereocenters. The fourth-order valence-corrected chi connectivity index (χ4v) is 3.92. The van der Waals surface area contributed by atoms with Gasteiger partial charge in [-0.3, -0.25) is 14.9 Å². The number of pyridine rings is 1. The third-order valence-electron chi connectivity index (χ3n) is 5.80. The molecule has 0 amide bonds. The van der Waals surface area contributed by atoms with Crippen LogP contribution >= 0.6 is 24.0 Å². The lowest BCUT2D eigenvalue weighted by atomic mass is 10.1. The Labute approximate surface area is 210 Å². The molecule has 1 fully saturated rings. The number of nitrogens with one attached hydrogen (secondary N) is 2. The van der Waals surface area contributed by atoms with Gasteiger partial charge in [-0.15, -0.1) is 24.0 Å². The Balaban J connectivity index is 0.00000363. The van der Waals surface area contributed by atoms with Crippen molar-refractivity contribution < 1.29 is 4.74 Å². The zero-order valence-electron chi connectivity index (χ0n) is 19.4. The van der Waals surface area contributed by atoms with E-state index in [2.05, 4.69) is 68.8 Å². The number of nitrogens with zero attached hydrogens (tertiary/aromatic N) is 3. The summed E-state index contributed by atoms with van der Waals surface area (Å²) in [7, 11) is 1.81. The molecule has 1 aliphatic heterocycles. The number of benzene rings is 1. The van der Waals surface area contributed by atoms with Gasteiger partial charge in [-0.25, -0.2) is 0 Å². The average molecular weight is 552 g/mol. The monoisotopic (exact) mass is 551 g/mol. The van der Waals surface area contributed by atoms with Gasteiger partial charge in [-0.2, -0.15) is 0 Å². The average Bonchev–Trinajstić information content (AvgIpc) is 2.80. The highest BCUT2D eigenvalue weighted by atomic mass is 127. The van der Waals surface area contributed by atoms with Crippen molar-refractivity contribution in [2.45, 2.75) is 45.3 Å². The summed E-state index contributed by atoms with van der Waals surface area (Å²) in [5, 5.41) is 6.76. The van der Waals surface area contributed by atoms with Gasteiger partial charge in [0.1, 0.15) is 0 Å². The Bertz CT molecular complexity index is 794. The first-order chi connectivity index (χ1) is 15.2. The number of hydrogen-bond acceptors (Lipinski definition) is 4. The summed E-state index contributed by atoms with van der Waals surface area (Å²) in [6.07, 6.45) is 8.34. The molecule has 1 aliphatic rings. The third-order valence-corrected chi connectivity index (χ3v) is 5.80. The molecule has 32 heavy (non-hydrogen) atoms. The quantitative estimate of drug-likeness (QED) is 0.204. The molecule has 0 saturated carbocycles. The molecule has 0 unspecified atom stereocenters. The van der Waals surface area contributed by atoms with Crippen molar-refractivity contribution in [1.82, 2.24) is 20.5 Å². The second-order valence-corrected chi connectivity index (χ2v) is 8.16. The molecule has 176 valence electrons. The summed E-state index contributed by atoms with van der Waals surface area (Å²) in [6.45, 7) is 7.89. The number of piperidine rings is 1. The number of rotatable bonds is 10. The van der Waals surface area contributed by atoms with Crippen LogP contribution in [0.4, 0.5) is 0 Å². The molecule has 0 aliphatic carbocycles. The molecule has 2 N–H and O–H groups in total. The topological polar surface area (TPSA) is 61.8 Å². The van der Waals surface area contributed by atoms with Crippen LogP contribution in [0.15, 0.2) is 53.8 Å². The highest BCUT2D eigenvalue weighted by Crippen LogP contribution is 2.16. The summed E-state index contributed by atoms with van der Waals surface area (Å²) >= 11 is 0. The molecule has 2 aromatic rings. The molecule has 1 aromatic heterocycles. The van der Waals surface area contributed by atoms with Crippen molar-refractivity contribution in [3.8, 4) is 0 Å². The van der Waals surface area contributed by atoms with Crippen LogP contribution in [0.1, 0.15) is 36.0 Å². The maximum atomic E-state index is 6.12. The van der Waals surface area contributed by atoms with Crippen LogP contribution in [-0.4, -0.2) is 61.8 Å². The Morgan fingerprint density at radius 1 is 1.12 bits per heavy atom. The molecule has 0 radical (unpaired) electrons. The number of aromatic nitrogens is 1. The van der Waals surface area contributed by atoms with Gasteiger partial charge in [-0.05, 0) is 55.4 Å². The molecule has 2 heterocycles. The standard InChI is InChI=1S/C25H37N5O.HI/c1-21-19-27-14-9-23(21)10-15-29-25(26-2)28-13-6-18-31-24-11-16-30(17-12-24)20-22-7-4-3-5-8-22;/h3-5,7-9,14,19,24H,6,10-13,15-18,20H2,1-2H3,(H2,26,28,29);1H. The molecule has 6 nitrogen and oxygen atoms in total. The third kappa shape index (κ3) is 9.42. The molecule has 0 spiro atoms. The van der Waals surface area contributed by atoms with Crippen LogP contribution in [0.25, 0.3) is 0 Å². The number of halogens is 1. The Morgan fingerprint density at radius 2 is 1.88 bits per heavy atom. The molecule has 7 heteroatoms. The second-order valence-electron chi connectivity index (χ2n) is 8.16. The number of aliphatic imine (C=N–C) groups is 1. The zero-order valence-corrected chi connectivity index (χ0v) is 21.8. The predicted octanol–water partition coefficient (Wildman–Crippen LogP) is 3.79. The molecular weight excluding hydrogens is 513 g/mol. The Morgan fingerprint density at radius 3 is 2.59 bits per heavy atom. The van der Waals surface area contributed by atoms with Gasteiger partial charge in [0.2, 0.25) is 0 Å². The van der Waals surface area contributed by atoms with Gasteiger partial charge in [0, 0.05) is 58.8 Å². The van der Waals surface area contributed by atoms with Crippen molar-refractivity contribution in [2.75, 3.05) is 39.8 Å². The van der Waals surface area contributed by atoms with Crippen molar-refractivity contribution in [3.63, 3.8) is 0 Å². The smallest absolute Gasteiger partial charge is 0.190 e. The number of aryl methyl sites for hydroxylation is 1. The van der Waals surface area contributed by atoms with E-state index in [0.717, 1.165) is 71.0 Å². The van der Waals surface area contributed by atoms with Crippen LogP contribution in [0, 0.1) is 6.92 Å². The first kappa shape index (κ1) is 26.5. The van der Waals surface area contributed by atoms with E-state index >= 15 is 0 Å². The predicted molar refractivity (Wildman–Crippen MR) is 143 cm³/mol. The SMILES string of the molecule is CN=C(NCCCOC1CCN(Cc2ccccc2)CC1)NCCc1ccncc1C.I. The molecule has 1 aromatic carbocycles. The number of ether oxygens (including phenoxy) is 1. The van der Waals surface area contributed by atoms with Crippen LogP contribution in [-0.2, 0) is 17.7 Å². The molecular formula is C25H38IN5O. The van der Waals surface area contributed by atoms with Crippen molar-refractivity contribution in [3.05, 3.63) is 65.5 Å². The van der Waals surface area contributed by atoms with Crippen molar-refractivity contribution in [2.24, 2.45) is 4.99 Å². The number of guanidine groups is 1. The maximum Gasteiger partial charge on any atom is 0.190 e. The molecule has 1 saturated heterocycles. The highest BCUT2D eigenvalue weighted by molar-refractivity contribution is 14.0. The molecule has 3 rings (SSSR count). The summed E-state index contributed by atoms with van der Waals surface area (Å²) in [5.41, 5.74) is 3.95. The van der Waals surface area contributed by atoms with Gasteiger partial charge >= 0.3 is 0 Å². The van der Waals surface area contributed by atoms with E-state index in [1.54, 1.807) is 0 Å². The van der Waals surface area contributed by atoms with E-state index in [1.165, 1.54) is 16.7 Å². The van der Waals surface area contributed by atoms with Gasteiger partial charge in [0.05, 0.1) is 6.10 Å². The van der Waals surface area contributed by atoms with E-state index in [-0.39, 0.29) is 24.0 Å². The minimum Gasteiger partial charge on any atom is -0.378 e. The second kappa shape index (κ2) is 15.2. The van der Waals surface area contributed by atoms with E-state index in [9.17, 15) is 0 Å². The molecule has 0 bridgehead atoms. The first-order valence-electron chi connectivity index (χ1n) is 11.5.